The molecule has 1 aromatic rings. The minimum atomic E-state index is -1.11. The Kier molecular flexibility index (Phi) is 10.8. The number of likely N-dealkylation sites (tertiary alicyclic amines) is 1. The van der Waals surface area contributed by atoms with Crippen LogP contribution >= 0.6 is 9.39 Å². The van der Waals surface area contributed by atoms with E-state index in [1.54, 1.807) is 26.8 Å². The lowest BCUT2D eigenvalue weighted by molar-refractivity contribution is -0.384. The zero-order chi connectivity index (χ0) is 31.2. The first-order valence-corrected chi connectivity index (χ1v) is 14.3. The van der Waals surface area contributed by atoms with Crippen LogP contribution in [-0.4, -0.2) is 64.1 Å². The molecule has 0 radical (unpaired) electrons. The highest BCUT2D eigenvalue weighted by Crippen LogP contribution is 2.32. The van der Waals surface area contributed by atoms with E-state index < -0.39 is 58.1 Å². The van der Waals surface area contributed by atoms with Gasteiger partial charge >= 0.3 is 6.09 Å². The van der Waals surface area contributed by atoms with E-state index in [0.29, 0.717) is 6.42 Å². The Balaban J connectivity index is 1.78. The van der Waals surface area contributed by atoms with E-state index in [-0.39, 0.29) is 36.2 Å². The number of hydrogen-bond acceptors (Lipinski definition) is 8. The molecule has 1 saturated heterocycles. The van der Waals surface area contributed by atoms with Crippen LogP contribution in [0.5, 0.6) is 5.75 Å². The summed E-state index contributed by atoms with van der Waals surface area (Å²) in [5, 5.41) is 18.4. The van der Waals surface area contributed by atoms with Crippen molar-refractivity contribution in [2.45, 2.75) is 71.0 Å². The van der Waals surface area contributed by atoms with Crippen molar-refractivity contribution < 1.29 is 33.6 Å². The maximum absolute atomic E-state index is 13.9. The number of nitrogens with one attached hydrogen (secondary N) is 3. The second kappa shape index (κ2) is 13.9. The quantitative estimate of drug-likeness (QED) is 0.114. The number of Topliss-reactive ketones (excluding diaryl/α,β-unsaturated/α-hetero) is 1. The first kappa shape index (κ1) is 32.7. The lowest BCUT2D eigenvalue weighted by Crippen LogP contribution is -2.59. The number of amides is 4. The number of hydrogen-bond donors (Lipinski definition) is 3. The van der Waals surface area contributed by atoms with E-state index in [1.807, 2.05) is 9.39 Å². The molecule has 1 aliphatic carbocycles. The number of nitro benzene ring substituents is 1. The lowest BCUT2D eigenvalue weighted by atomic mass is 9.80. The van der Waals surface area contributed by atoms with Crippen molar-refractivity contribution in [2.24, 2.45) is 17.3 Å². The lowest BCUT2D eigenvalue weighted by Gasteiger charge is -2.35. The van der Waals surface area contributed by atoms with E-state index in [4.69, 9.17) is 4.74 Å². The summed E-state index contributed by atoms with van der Waals surface area (Å²) in [6.45, 7) is 9.20. The summed E-state index contributed by atoms with van der Waals surface area (Å²) in [7, 11) is 1.98. The van der Waals surface area contributed by atoms with Crippen LogP contribution in [0.3, 0.4) is 0 Å². The number of ether oxygens (including phenoxy) is 1. The number of benzene rings is 1. The molecule has 0 aromatic heterocycles. The van der Waals surface area contributed by atoms with Crippen LogP contribution in [0.2, 0.25) is 0 Å². The average molecular weight is 604 g/mol. The fraction of sp³-hybridized carbons (Fsp3) is 0.536. The molecule has 228 valence electrons. The highest BCUT2D eigenvalue weighted by atomic mass is 31.0. The van der Waals surface area contributed by atoms with Crippen molar-refractivity contribution in [3.8, 4) is 5.75 Å². The maximum atomic E-state index is 13.9. The largest absolute Gasteiger partial charge is 0.413 e. The van der Waals surface area contributed by atoms with Gasteiger partial charge in [0.1, 0.15) is 17.8 Å². The third-order valence-corrected chi connectivity index (χ3v) is 7.93. The van der Waals surface area contributed by atoms with Crippen LogP contribution < -0.4 is 20.5 Å². The van der Waals surface area contributed by atoms with Gasteiger partial charge in [-0.25, -0.2) is 4.79 Å². The fourth-order valence-corrected chi connectivity index (χ4v) is 5.17. The second-order valence-corrected chi connectivity index (χ2v) is 12.0. The fourth-order valence-electron chi connectivity index (χ4n) is 5.03. The Labute approximate surface area is 246 Å². The van der Waals surface area contributed by atoms with E-state index in [1.165, 1.54) is 29.2 Å². The molecule has 3 rings (SSSR count). The second-order valence-electron chi connectivity index (χ2n) is 11.8. The highest BCUT2D eigenvalue weighted by Gasteiger charge is 2.45. The Morgan fingerprint density at radius 2 is 1.81 bits per heavy atom. The van der Waals surface area contributed by atoms with Crippen LogP contribution in [0.4, 0.5) is 10.5 Å². The number of ketones is 1. The molecule has 5 atom stereocenters. The Bertz CT molecular complexity index is 1230. The molecule has 4 amide bonds. The first-order valence-electron chi connectivity index (χ1n) is 13.8. The molecule has 1 aliphatic heterocycles. The van der Waals surface area contributed by atoms with Crippen LogP contribution in [-0.2, 0) is 19.2 Å². The zero-order valence-electron chi connectivity index (χ0n) is 24.0. The molecule has 3 N–H and O–H groups in total. The molecular weight excluding hydrogens is 565 g/mol. The van der Waals surface area contributed by atoms with Crippen molar-refractivity contribution in [3.05, 3.63) is 47.0 Å². The maximum Gasteiger partial charge on any atom is 0.413 e. The minimum absolute atomic E-state index is 0.0417. The van der Waals surface area contributed by atoms with Crippen LogP contribution in [0.25, 0.3) is 0 Å². The molecule has 2 aliphatic rings. The third kappa shape index (κ3) is 8.12. The van der Waals surface area contributed by atoms with E-state index in [0.717, 1.165) is 19.3 Å². The van der Waals surface area contributed by atoms with Gasteiger partial charge in [0.15, 0.2) is 0 Å². The number of carbonyl (C=O) groups excluding carboxylic acids is 5. The summed E-state index contributed by atoms with van der Waals surface area (Å²) >= 11 is 0. The summed E-state index contributed by atoms with van der Waals surface area (Å²) in [5.41, 5.74) is -0.982. The predicted octanol–water partition coefficient (Wildman–Crippen LogP) is 2.65. The molecule has 0 spiro atoms. The smallest absolute Gasteiger partial charge is 0.410 e. The molecule has 1 aromatic carbocycles. The van der Waals surface area contributed by atoms with E-state index >= 15 is 0 Å². The van der Waals surface area contributed by atoms with Gasteiger partial charge in [-0.3, -0.25) is 29.3 Å². The van der Waals surface area contributed by atoms with Gasteiger partial charge in [0.05, 0.1) is 11.0 Å². The normalized spacial score (nSPS) is 20.0. The van der Waals surface area contributed by atoms with Gasteiger partial charge in [0, 0.05) is 18.7 Å². The van der Waals surface area contributed by atoms with Gasteiger partial charge in [-0.1, -0.05) is 46.1 Å². The molecule has 14 heteroatoms. The standard InChI is InChI=1S/C28H38N5O8P/c1-5-16-14-21(24(35)29-20(13-17-7-6-8-17)22(34)25(36)31-42)32(15-16)26(37)23(28(2,3)4)30-27(38)41-19-11-9-18(10-12-19)33(39)40/h5,9-12,16-17,20-21,23H,1,6-8,13-15,42H2,2-4H3,(H,29,35)(H,30,38)(H,31,36)/t16-,20?,21+,23-/m1/s1. The summed E-state index contributed by atoms with van der Waals surface area (Å²) < 4.78 is 5.25. The zero-order valence-corrected chi connectivity index (χ0v) is 25.1. The monoisotopic (exact) mass is 603 g/mol. The highest BCUT2D eigenvalue weighted by molar-refractivity contribution is 7.15. The number of non-ortho nitro benzene ring substituents is 1. The van der Waals surface area contributed by atoms with Crippen molar-refractivity contribution in [1.29, 1.82) is 0 Å². The van der Waals surface area contributed by atoms with Crippen molar-refractivity contribution in [1.82, 2.24) is 20.6 Å². The topological polar surface area (TPSA) is 177 Å². The van der Waals surface area contributed by atoms with Crippen LogP contribution in [0, 0.1) is 27.4 Å². The minimum Gasteiger partial charge on any atom is -0.410 e. The number of rotatable bonds is 11. The molecule has 13 nitrogen and oxygen atoms in total. The van der Waals surface area contributed by atoms with Crippen LogP contribution in [0.15, 0.2) is 36.9 Å². The van der Waals surface area contributed by atoms with E-state index in [2.05, 4.69) is 22.3 Å². The Morgan fingerprint density at radius 3 is 2.31 bits per heavy atom. The predicted molar refractivity (Wildman–Crippen MR) is 156 cm³/mol. The Hall–Kier alpha value is -3.86. The summed E-state index contributed by atoms with van der Waals surface area (Å²) in [6.07, 6.45) is 4.12. The molecule has 42 heavy (non-hydrogen) atoms. The van der Waals surface area contributed by atoms with E-state index in [9.17, 15) is 34.1 Å². The molecular formula is C28H38N5O8P. The van der Waals surface area contributed by atoms with Gasteiger partial charge in [-0.15, -0.1) is 6.58 Å². The van der Waals surface area contributed by atoms with Gasteiger partial charge in [-0.05, 0) is 51.6 Å². The van der Waals surface area contributed by atoms with Crippen molar-refractivity contribution in [3.63, 3.8) is 0 Å². The Morgan fingerprint density at radius 1 is 1.17 bits per heavy atom. The molecule has 2 unspecified atom stereocenters. The van der Waals surface area contributed by atoms with Crippen molar-refractivity contribution >= 4 is 44.7 Å². The summed E-state index contributed by atoms with van der Waals surface area (Å²) in [4.78, 5) is 76.8. The molecule has 2 fully saturated rings. The van der Waals surface area contributed by atoms with Gasteiger partial charge in [-0.2, -0.15) is 0 Å². The average Bonchev–Trinajstić information content (AvgIpc) is 3.36. The van der Waals surface area contributed by atoms with Gasteiger partial charge in [0.25, 0.3) is 11.6 Å². The van der Waals surface area contributed by atoms with Crippen molar-refractivity contribution in [2.75, 3.05) is 6.54 Å². The molecule has 0 bridgehead atoms. The van der Waals surface area contributed by atoms with Crippen LogP contribution in [0.1, 0.15) is 52.9 Å². The van der Waals surface area contributed by atoms with Gasteiger partial charge in [0.2, 0.25) is 17.6 Å². The molecule has 1 saturated carbocycles. The first-order chi connectivity index (χ1) is 19.7. The summed E-state index contributed by atoms with van der Waals surface area (Å²) in [6, 6.07) is 1.79. The molecule has 1 heterocycles. The number of carbonyl (C=O) groups is 5. The number of nitrogens with zero attached hydrogens (tertiary/aromatic N) is 2. The third-order valence-electron chi connectivity index (χ3n) is 7.67. The number of nitro groups is 1. The summed E-state index contributed by atoms with van der Waals surface area (Å²) in [5.74, 6) is -2.65. The van der Waals surface area contributed by atoms with Gasteiger partial charge < -0.3 is 25.4 Å². The SMILES string of the molecule is C=C[C@@H]1C[C@@H](C(=O)NC(CC2CCC2)C(=O)C(=O)NP)N(C(=O)[C@@H](NC(=O)Oc2ccc([N+](=O)[O-])cc2)C(C)(C)C)C1.